The summed E-state index contributed by atoms with van der Waals surface area (Å²) in [5.74, 6) is 0. The first-order valence-corrected chi connectivity index (χ1v) is 17.3. The van der Waals surface area contributed by atoms with Crippen molar-refractivity contribution in [2.45, 2.75) is 155 Å². The Morgan fingerprint density at radius 2 is 1.03 bits per heavy atom. The lowest BCUT2D eigenvalue weighted by Crippen LogP contribution is -2.42. The van der Waals surface area contributed by atoms with E-state index in [1.165, 1.54) is 108 Å². The zero-order valence-electron chi connectivity index (χ0n) is 23.4. The first kappa shape index (κ1) is 31.4. The largest absolute Gasteiger partial charge is 0.394 e. The molecule has 0 aliphatic heterocycles. The van der Waals surface area contributed by atoms with Crippen molar-refractivity contribution in [3.05, 3.63) is 35.9 Å². The van der Waals surface area contributed by atoms with Gasteiger partial charge in [0.2, 0.25) is 0 Å². The predicted octanol–water partition coefficient (Wildman–Crippen LogP) is 10.9. The topological polar surface area (TPSA) is 18.5 Å². The lowest BCUT2D eigenvalue weighted by atomic mass is 10.0. The summed E-state index contributed by atoms with van der Waals surface area (Å²) in [5.41, 5.74) is 1.29. The maximum atomic E-state index is 6.72. The minimum Gasteiger partial charge on any atom is -0.394 e. The van der Waals surface area contributed by atoms with Crippen molar-refractivity contribution in [1.82, 2.24) is 0 Å². The molecule has 0 N–H and O–H groups in total. The van der Waals surface area contributed by atoms with Crippen molar-refractivity contribution in [3.63, 3.8) is 0 Å². The fourth-order valence-electron chi connectivity index (χ4n) is 4.88. The molecule has 3 heteroatoms. The lowest BCUT2D eigenvalue weighted by molar-refractivity contribution is 0.108. The second-order valence-electron chi connectivity index (χ2n) is 10.2. The molecule has 1 rings (SSSR count). The molecule has 0 fully saturated rings. The van der Waals surface area contributed by atoms with Crippen LogP contribution in [0.5, 0.6) is 0 Å². The van der Waals surface area contributed by atoms with E-state index in [1.54, 1.807) is 0 Å². The van der Waals surface area contributed by atoms with Crippen LogP contribution in [0.4, 0.5) is 0 Å². The SMILES string of the molecule is CCCCCCCCCCCCCCCCCCO[Si](CC)(CC)OC(CC)c1ccccc1. The molecule has 0 spiro atoms. The number of rotatable bonds is 24. The smallest absolute Gasteiger partial charge is 0.338 e. The summed E-state index contributed by atoms with van der Waals surface area (Å²) < 4.78 is 13.2. The Morgan fingerprint density at radius 1 is 0.588 bits per heavy atom. The van der Waals surface area contributed by atoms with Gasteiger partial charge in [-0.1, -0.05) is 154 Å². The Bertz CT molecular complexity index is 544. The van der Waals surface area contributed by atoms with Crippen LogP contribution in [0, 0.1) is 0 Å². The second-order valence-corrected chi connectivity index (χ2v) is 14.0. The molecule has 0 saturated heterocycles. The van der Waals surface area contributed by atoms with Gasteiger partial charge in [0, 0.05) is 6.61 Å². The van der Waals surface area contributed by atoms with Gasteiger partial charge in [-0.2, -0.15) is 0 Å². The third-order valence-corrected chi connectivity index (χ3v) is 10.9. The van der Waals surface area contributed by atoms with Crippen LogP contribution in [0.3, 0.4) is 0 Å². The monoisotopic (exact) mass is 490 g/mol. The molecular formula is C31H58O2Si. The van der Waals surface area contributed by atoms with Gasteiger partial charge in [-0.15, -0.1) is 0 Å². The van der Waals surface area contributed by atoms with Crippen molar-refractivity contribution in [2.24, 2.45) is 0 Å². The Hall–Kier alpha value is -0.643. The molecule has 0 bridgehead atoms. The van der Waals surface area contributed by atoms with Gasteiger partial charge in [0.25, 0.3) is 0 Å². The summed E-state index contributed by atoms with van der Waals surface area (Å²) in [4.78, 5) is 0. The van der Waals surface area contributed by atoms with Crippen LogP contribution in [-0.4, -0.2) is 15.2 Å². The molecule has 2 nitrogen and oxygen atoms in total. The summed E-state index contributed by atoms with van der Waals surface area (Å²) in [5, 5.41) is 0. The maximum absolute atomic E-state index is 6.72. The molecule has 1 atom stereocenters. The van der Waals surface area contributed by atoms with Crippen LogP contribution >= 0.6 is 0 Å². The number of unbranched alkanes of at least 4 members (excludes halogenated alkanes) is 15. The summed E-state index contributed by atoms with van der Waals surface area (Å²) in [6, 6.07) is 12.7. The Morgan fingerprint density at radius 3 is 1.44 bits per heavy atom. The minimum absolute atomic E-state index is 0.165. The van der Waals surface area contributed by atoms with Crippen LogP contribution in [0.15, 0.2) is 30.3 Å². The van der Waals surface area contributed by atoms with Gasteiger partial charge < -0.3 is 8.85 Å². The Balaban J connectivity index is 2.05. The Kier molecular flexibility index (Phi) is 20.0. The van der Waals surface area contributed by atoms with Crippen LogP contribution < -0.4 is 0 Å². The van der Waals surface area contributed by atoms with Gasteiger partial charge in [-0.25, -0.2) is 0 Å². The molecule has 1 aromatic rings. The normalized spacial score (nSPS) is 12.8. The highest BCUT2D eigenvalue weighted by molar-refractivity contribution is 6.67. The van der Waals surface area contributed by atoms with E-state index in [2.05, 4.69) is 58.0 Å². The van der Waals surface area contributed by atoms with Crippen LogP contribution in [-0.2, 0) is 8.85 Å². The summed E-state index contributed by atoms with van der Waals surface area (Å²) in [7, 11) is -2.12. The molecule has 0 saturated carbocycles. The lowest BCUT2D eigenvalue weighted by Gasteiger charge is -2.33. The van der Waals surface area contributed by atoms with Gasteiger partial charge in [-0.3, -0.25) is 0 Å². The first-order chi connectivity index (χ1) is 16.7. The van der Waals surface area contributed by atoms with E-state index in [0.717, 1.165) is 25.1 Å². The van der Waals surface area contributed by atoms with Gasteiger partial charge in [0.1, 0.15) is 0 Å². The molecule has 1 aromatic carbocycles. The summed E-state index contributed by atoms with van der Waals surface area (Å²) in [6.45, 7) is 9.89. The molecule has 0 aromatic heterocycles. The predicted molar refractivity (Wildman–Crippen MR) is 153 cm³/mol. The van der Waals surface area contributed by atoms with Crippen molar-refractivity contribution in [2.75, 3.05) is 6.61 Å². The fourth-order valence-corrected chi connectivity index (χ4v) is 7.52. The minimum atomic E-state index is -2.12. The molecule has 0 amide bonds. The zero-order chi connectivity index (χ0) is 24.7. The quantitative estimate of drug-likeness (QED) is 0.106. The number of hydrogen-bond donors (Lipinski definition) is 0. The summed E-state index contributed by atoms with van der Waals surface area (Å²) in [6.07, 6.45) is 23.7. The number of hydrogen-bond acceptors (Lipinski definition) is 2. The van der Waals surface area contributed by atoms with Gasteiger partial charge in [0.15, 0.2) is 0 Å². The standard InChI is InChI=1S/C31H58O2Si/c1-5-9-10-11-12-13-14-15-16-17-18-19-20-21-22-26-29-32-34(7-3,8-4)33-31(6-2)30-27-24-23-25-28-30/h23-25,27-28,31H,5-22,26,29H2,1-4H3. The highest BCUT2D eigenvalue weighted by Crippen LogP contribution is 2.30. The van der Waals surface area contributed by atoms with Crippen molar-refractivity contribution in [3.8, 4) is 0 Å². The highest BCUT2D eigenvalue weighted by Gasteiger charge is 2.36. The molecule has 0 heterocycles. The van der Waals surface area contributed by atoms with E-state index in [1.807, 2.05) is 0 Å². The van der Waals surface area contributed by atoms with Gasteiger partial charge >= 0.3 is 8.56 Å². The van der Waals surface area contributed by atoms with E-state index >= 15 is 0 Å². The van der Waals surface area contributed by atoms with E-state index in [9.17, 15) is 0 Å². The Labute approximate surface area is 214 Å². The van der Waals surface area contributed by atoms with E-state index in [4.69, 9.17) is 8.85 Å². The highest BCUT2D eigenvalue weighted by atomic mass is 28.4. The van der Waals surface area contributed by atoms with E-state index in [-0.39, 0.29) is 6.10 Å². The average molecular weight is 491 g/mol. The van der Waals surface area contributed by atoms with Crippen LogP contribution in [0.1, 0.15) is 149 Å². The van der Waals surface area contributed by atoms with Crippen molar-refractivity contribution in [1.29, 1.82) is 0 Å². The molecule has 1 unspecified atom stereocenters. The second kappa shape index (κ2) is 21.6. The average Bonchev–Trinajstić information content (AvgIpc) is 2.88. The van der Waals surface area contributed by atoms with Gasteiger partial charge in [-0.05, 0) is 30.5 Å². The van der Waals surface area contributed by atoms with Crippen LogP contribution in [0.2, 0.25) is 12.1 Å². The third-order valence-electron chi connectivity index (χ3n) is 7.34. The van der Waals surface area contributed by atoms with E-state index in [0.29, 0.717) is 0 Å². The maximum Gasteiger partial charge on any atom is 0.338 e. The van der Waals surface area contributed by atoms with Crippen LogP contribution in [0.25, 0.3) is 0 Å². The van der Waals surface area contributed by atoms with Gasteiger partial charge in [0.05, 0.1) is 6.10 Å². The molecule has 0 radical (unpaired) electrons. The fraction of sp³-hybridized carbons (Fsp3) is 0.806. The number of benzene rings is 1. The molecule has 0 aliphatic carbocycles. The zero-order valence-corrected chi connectivity index (χ0v) is 24.4. The van der Waals surface area contributed by atoms with Crippen molar-refractivity contribution >= 4 is 8.56 Å². The molecule has 0 aliphatic rings. The third kappa shape index (κ3) is 14.7. The summed E-state index contributed by atoms with van der Waals surface area (Å²) >= 11 is 0. The molecule has 198 valence electrons. The first-order valence-electron chi connectivity index (χ1n) is 15.1. The van der Waals surface area contributed by atoms with E-state index < -0.39 is 8.56 Å². The molecule has 34 heavy (non-hydrogen) atoms. The molecular weight excluding hydrogens is 432 g/mol. The van der Waals surface area contributed by atoms with Crippen molar-refractivity contribution < 1.29 is 8.85 Å².